The average molecular weight is 249 g/mol. The Morgan fingerprint density at radius 2 is 2.33 bits per heavy atom. The fraction of sp³-hybridized carbons (Fsp3) is 0.538. The second kappa shape index (κ2) is 5.35. The molecule has 1 aliphatic heterocycles. The standard InChI is InChI=1S/C13H19N3O2/c1-15(2)13(18)11-4-3-5-12(14-11)16-7-6-10(8-16)9-17/h3-5,10,17H,6-9H2,1-2H3. The largest absolute Gasteiger partial charge is 0.396 e. The van der Waals surface area contributed by atoms with Crippen molar-refractivity contribution in [2.75, 3.05) is 38.7 Å². The molecule has 1 aliphatic rings. The lowest BCUT2D eigenvalue weighted by molar-refractivity contribution is 0.0822. The summed E-state index contributed by atoms with van der Waals surface area (Å²) in [6.45, 7) is 1.91. The molecule has 18 heavy (non-hydrogen) atoms. The van der Waals surface area contributed by atoms with Crippen LogP contribution in [0.15, 0.2) is 18.2 Å². The summed E-state index contributed by atoms with van der Waals surface area (Å²) in [6, 6.07) is 5.49. The first kappa shape index (κ1) is 12.8. The van der Waals surface area contributed by atoms with Crippen molar-refractivity contribution in [3.05, 3.63) is 23.9 Å². The second-order valence-corrected chi connectivity index (χ2v) is 4.86. The smallest absolute Gasteiger partial charge is 0.272 e. The Kier molecular flexibility index (Phi) is 3.81. The first-order valence-corrected chi connectivity index (χ1v) is 6.16. The number of rotatable bonds is 3. The van der Waals surface area contributed by atoms with E-state index in [0.717, 1.165) is 25.3 Å². The number of aliphatic hydroxyl groups is 1. The molecule has 1 amide bonds. The average Bonchev–Trinajstić information content (AvgIpc) is 2.86. The predicted molar refractivity (Wildman–Crippen MR) is 69.7 cm³/mol. The van der Waals surface area contributed by atoms with Gasteiger partial charge in [0.1, 0.15) is 11.5 Å². The van der Waals surface area contributed by atoms with Gasteiger partial charge in [0.2, 0.25) is 0 Å². The Morgan fingerprint density at radius 3 is 2.94 bits per heavy atom. The predicted octanol–water partition coefficient (Wildman–Crippen LogP) is 0.602. The molecule has 1 aromatic heterocycles. The summed E-state index contributed by atoms with van der Waals surface area (Å²) in [5, 5.41) is 9.14. The number of carbonyl (C=O) groups excluding carboxylic acids is 1. The monoisotopic (exact) mass is 249 g/mol. The summed E-state index contributed by atoms with van der Waals surface area (Å²) >= 11 is 0. The van der Waals surface area contributed by atoms with Crippen LogP contribution in [0, 0.1) is 5.92 Å². The zero-order valence-electron chi connectivity index (χ0n) is 10.8. The summed E-state index contributed by atoms with van der Waals surface area (Å²) in [4.78, 5) is 19.9. The van der Waals surface area contributed by atoms with E-state index in [0.29, 0.717) is 11.6 Å². The minimum absolute atomic E-state index is 0.0882. The number of anilines is 1. The molecule has 0 bridgehead atoms. The summed E-state index contributed by atoms with van der Waals surface area (Å²) in [7, 11) is 3.43. The van der Waals surface area contributed by atoms with E-state index >= 15 is 0 Å². The molecule has 0 spiro atoms. The van der Waals surface area contributed by atoms with E-state index in [9.17, 15) is 4.79 Å². The van der Waals surface area contributed by atoms with Gasteiger partial charge in [-0.05, 0) is 18.6 Å². The molecule has 5 heteroatoms. The summed E-state index contributed by atoms with van der Waals surface area (Å²) < 4.78 is 0. The number of hydrogen-bond acceptors (Lipinski definition) is 4. The third kappa shape index (κ3) is 2.61. The Labute approximate surface area is 107 Å². The molecule has 1 aromatic rings. The third-order valence-electron chi connectivity index (χ3n) is 3.23. The third-order valence-corrected chi connectivity index (χ3v) is 3.23. The van der Waals surface area contributed by atoms with Gasteiger partial charge in [0.15, 0.2) is 0 Å². The molecule has 0 saturated carbocycles. The van der Waals surface area contributed by atoms with Crippen molar-refractivity contribution in [1.29, 1.82) is 0 Å². The van der Waals surface area contributed by atoms with E-state index in [1.54, 1.807) is 20.2 Å². The lowest BCUT2D eigenvalue weighted by atomic mass is 10.1. The SMILES string of the molecule is CN(C)C(=O)c1cccc(N2CCC(CO)C2)n1. The van der Waals surface area contributed by atoms with E-state index in [1.807, 2.05) is 12.1 Å². The Bertz CT molecular complexity index is 434. The van der Waals surface area contributed by atoms with Gasteiger partial charge in [-0.2, -0.15) is 0 Å². The number of nitrogens with zero attached hydrogens (tertiary/aromatic N) is 3. The fourth-order valence-corrected chi connectivity index (χ4v) is 2.14. The zero-order valence-corrected chi connectivity index (χ0v) is 10.8. The van der Waals surface area contributed by atoms with Gasteiger partial charge in [0.25, 0.3) is 5.91 Å². The Balaban J connectivity index is 2.15. The van der Waals surface area contributed by atoms with Crippen LogP contribution in [-0.4, -0.2) is 54.7 Å². The minimum atomic E-state index is -0.0882. The zero-order chi connectivity index (χ0) is 13.1. The van der Waals surface area contributed by atoms with Crippen LogP contribution in [0.1, 0.15) is 16.9 Å². The van der Waals surface area contributed by atoms with E-state index < -0.39 is 0 Å². The molecule has 2 rings (SSSR count). The highest BCUT2D eigenvalue weighted by Gasteiger charge is 2.23. The van der Waals surface area contributed by atoms with Gasteiger partial charge in [-0.3, -0.25) is 4.79 Å². The van der Waals surface area contributed by atoms with Gasteiger partial charge in [-0.1, -0.05) is 6.07 Å². The molecule has 98 valence electrons. The number of amides is 1. The van der Waals surface area contributed by atoms with Crippen LogP contribution in [0.2, 0.25) is 0 Å². The molecular weight excluding hydrogens is 230 g/mol. The van der Waals surface area contributed by atoms with Crippen molar-refractivity contribution in [2.24, 2.45) is 5.92 Å². The van der Waals surface area contributed by atoms with Crippen LogP contribution >= 0.6 is 0 Å². The molecular formula is C13H19N3O2. The molecule has 0 aromatic carbocycles. The molecule has 1 fully saturated rings. The number of pyridine rings is 1. The number of aromatic nitrogens is 1. The van der Waals surface area contributed by atoms with Gasteiger partial charge in [0, 0.05) is 39.7 Å². The van der Waals surface area contributed by atoms with Crippen LogP contribution in [0.4, 0.5) is 5.82 Å². The molecule has 5 nitrogen and oxygen atoms in total. The fourth-order valence-electron chi connectivity index (χ4n) is 2.14. The minimum Gasteiger partial charge on any atom is -0.396 e. The molecule has 1 N–H and O–H groups in total. The van der Waals surface area contributed by atoms with Gasteiger partial charge in [-0.15, -0.1) is 0 Å². The van der Waals surface area contributed by atoms with Crippen LogP contribution in [0.5, 0.6) is 0 Å². The van der Waals surface area contributed by atoms with Gasteiger partial charge in [-0.25, -0.2) is 4.98 Å². The van der Waals surface area contributed by atoms with Gasteiger partial charge < -0.3 is 14.9 Å². The molecule has 2 heterocycles. The summed E-state index contributed by atoms with van der Waals surface area (Å²) in [5.41, 5.74) is 0.463. The highest BCUT2D eigenvalue weighted by molar-refractivity contribution is 5.92. The van der Waals surface area contributed by atoms with Crippen molar-refractivity contribution >= 4 is 11.7 Å². The molecule has 0 radical (unpaired) electrons. The van der Waals surface area contributed by atoms with Crippen molar-refractivity contribution in [3.63, 3.8) is 0 Å². The second-order valence-electron chi connectivity index (χ2n) is 4.86. The van der Waals surface area contributed by atoms with Crippen molar-refractivity contribution in [1.82, 2.24) is 9.88 Å². The maximum Gasteiger partial charge on any atom is 0.272 e. The lowest BCUT2D eigenvalue weighted by Gasteiger charge is -2.18. The molecule has 1 atom stereocenters. The molecule has 1 saturated heterocycles. The lowest BCUT2D eigenvalue weighted by Crippen LogP contribution is -2.25. The van der Waals surface area contributed by atoms with Gasteiger partial charge in [0.05, 0.1) is 0 Å². The van der Waals surface area contributed by atoms with Crippen LogP contribution in [0.25, 0.3) is 0 Å². The molecule has 0 aliphatic carbocycles. The summed E-state index contributed by atoms with van der Waals surface area (Å²) in [5.74, 6) is 1.05. The maximum absolute atomic E-state index is 11.8. The highest BCUT2D eigenvalue weighted by Crippen LogP contribution is 2.22. The van der Waals surface area contributed by atoms with Crippen molar-refractivity contribution in [3.8, 4) is 0 Å². The Hall–Kier alpha value is -1.62. The van der Waals surface area contributed by atoms with Crippen molar-refractivity contribution < 1.29 is 9.90 Å². The van der Waals surface area contributed by atoms with Crippen LogP contribution < -0.4 is 4.90 Å². The van der Waals surface area contributed by atoms with E-state index in [1.165, 1.54) is 4.90 Å². The van der Waals surface area contributed by atoms with Gasteiger partial charge >= 0.3 is 0 Å². The first-order chi connectivity index (χ1) is 8.61. The van der Waals surface area contributed by atoms with Crippen molar-refractivity contribution in [2.45, 2.75) is 6.42 Å². The van der Waals surface area contributed by atoms with Crippen LogP contribution in [0.3, 0.4) is 0 Å². The number of hydrogen-bond donors (Lipinski definition) is 1. The summed E-state index contributed by atoms with van der Waals surface area (Å²) in [6.07, 6.45) is 0.976. The number of carbonyl (C=O) groups is 1. The van der Waals surface area contributed by atoms with E-state index in [4.69, 9.17) is 5.11 Å². The normalized spacial score (nSPS) is 19.1. The maximum atomic E-state index is 11.8. The van der Waals surface area contributed by atoms with E-state index in [-0.39, 0.29) is 12.5 Å². The highest BCUT2D eigenvalue weighted by atomic mass is 16.3. The van der Waals surface area contributed by atoms with E-state index in [2.05, 4.69) is 9.88 Å². The molecule has 1 unspecified atom stereocenters. The topological polar surface area (TPSA) is 56.7 Å². The van der Waals surface area contributed by atoms with Crippen LogP contribution in [-0.2, 0) is 0 Å². The Morgan fingerprint density at radius 1 is 1.56 bits per heavy atom. The number of aliphatic hydroxyl groups excluding tert-OH is 1. The first-order valence-electron chi connectivity index (χ1n) is 6.16. The quantitative estimate of drug-likeness (QED) is 0.852.